The van der Waals surface area contributed by atoms with Crippen LogP contribution >= 0.6 is 0 Å². The van der Waals surface area contributed by atoms with E-state index >= 15 is 0 Å². The van der Waals surface area contributed by atoms with Gasteiger partial charge in [0.1, 0.15) is 12.4 Å². The molecule has 1 aliphatic rings. The number of hydrogen-bond donors (Lipinski definition) is 0. The maximum atomic E-state index is 5.85. The lowest BCUT2D eigenvalue weighted by Crippen LogP contribution is -2.38. The molecule has 1 aromatic heterocycles. The van der Waals surface area contributed by atoms with E-state index in [4.69, 9.17) is 14.2 Å². The number of morpholine rings is 1. The molecular formula is C16H22N4O3. The lowest BCUT2D eigenvalue weighted by atomic mass is 10.1. The van der Waals surface area contributed by atoms with Crippen molar-refractivity contribution in [3.05, 3.63) is 35.9 Å². The Morgan fingerprint density at radius 3 is 2.87 bits per heavy atom. The summed E-state index contributed by atoms with van der Waals surface area (Å²) in [5, 5.41) is 8.09. The summed E-state index contributed by atoms with van der Waals surface area (Å²) in [5.74, 6) is 2.40. The zero-order valence-corrected chi connectivity index (χ0v) is 13.7. The second kappa shape index (κ2) is 6.97. The van der Waals surface area contributed by atoms with Crippen LogP contribution in [-0.4, -0.2) is 53.6 Å². The molecule has 1 atom stereocenters. The Labute approximate surface area is 135 Å². The van der Waals surface area contributed by atoms with Crippen molar-refractivity contribution < 1.29 is 14.2 Å². The van der Waals surface area contributed by atoms with Crippen LogP contribution in [0.25, 0.3) is 0 Å². The van der Waals surface area contributed by atoms with Crippen molar-refractivity contribution in [2.75, 3.05) is 33.9 Å². The average Bonchev–Trinajstić information content (AvgIpc) is 3.01. The predicted octanol–water partition coefficient (Wildman–Crippen LogP) is 1.41. The van der Waals surface area contributed by atoms with Gasteiger partial charge in [0.2, 0.25) is 0 Å². The molecule has 7 heteroatoms. The fourth-order valence-corrected chi connectivity index (χ4v) is 2.91. The minimum absolute atomic E-state index is 0.0622. The molecule has 0 amide bonds. The molecule has 3 rings (SSSR count). The Kier molecular flexibility index (Phi) is 4.78. The van der Waals surface area contributed by atoms with E-state index in [0.29, 0.717) is 6.61 Å². The van der Waals surface area contributed by atoms with Crippen LogP contribution in [0.2, 0.25) is 0 Å². The molecule has 0 N–H and O–H groups in total. The highest BCUT2D eigenvalue weighted by atomic mass is 16.5. The zero-order valence-electron chi connectivity index (χ0n) is 13.7. The van der Waals surface area contributed by atoms with Crippen LogP contribution in [0.15, 0.2) is 24.5 Å². The molecule has 1 fully saturated rings. The molecule has 0 radical (unpaired) electrons. The van der Waals surface area contributed by atoms with Crippen LogP contribution in [0.4, 0.5) is 0 Å². The highest BCUT2D eigenvalue weighted by molar-refractivity contribution is 5.46. The van der Waals surface area contributed by atoms with Gasteiger partial charge in [0.25, 0.3) is 0 Å². The maximum Gasteiger partial charge on any atom is 0.165 e. The van der Waals surface area contributed by atoms with Crippen LogP contribution in [-0.2, 0) is 18.3 Å². The van der Waals surface area contributed by atoms with E-state index in [9.17, 15) is 0 Å². The van der Waals surface area contributed by atoms with Crippen LogP contribution < -0.4 is 9.47 Å². The van der Waals surface area contributed by atoms with E-state index in [1.54, 1.807) is 20.5 Å². The second-order valence-corrected chi connectivity index (χ2v) is 5.55. The highest BCUT2D eigenvalue weighted by Gasteiger charge is 2.26. The lowest BCUT2D eigenvalue weighted by molar-refractivity contribution is -0.0387. The minimum atomic E-state index is -0.0622. The molecule has 0 bridgehead atoms. The largest absolute Gasteiger partial charge is 0.493 e. The van der Waals surface area contributed by atoms with Gasteiger partial charge in [-0.1, -0.05) is 12.1 Å². The zero-order chi connectivity index (χ0) is 16.2. The minimum Gasteiger partial charge on any atom is -0.493 e. The third-order valence-corrected chi connectivity index (χ3v) is 4.06. The third-order valence-electron chi connectivity index (χ3n) is 4.06. The monoisotopic (exact) mass is 318 g/mol. The summed E-state index contributed by atoms with van der Waals surface area (Å²) in [6.07, 6.45) is 1.63. The van der Waals surface area contributed by atoms with Gasteiger partial charge in [-0.3, -0.25) is 4.90 Å². The fraction of sp³-hybridized carbons (Fsp3) is 0.500. The van der Waals surface area contributed by atoms with Gasteiger partial charge in [-0.05, 0) is 6.07 Å². The van der Waals surface area contributed by atoms with Gasteiger partial charge >= 0.3 is 0 Å². The number of nitrogens with zero attached hydrogens (tertiary/aromatic N) is 4. The first-order valence-corrected chi connectivity index (χ1v) is 7.60. The normalized spacial score (nSPS) is 18.8. The molecule has 0 saturated carbocycles. The molecule has 0 aliphatic carbocycles. The first-order valence-electron chi connectivity index (χ1n) is 7.60. The van der Waals surface area contributed by atoms with Gasteiger partial charge in [0.15, 0.2) is 17.3 Å². The summed E-state index contributed by atoms with van der Waals surface area (Å²) in [7, 11) is 5.26. The molecule has 1 aliphatic heterocycles. The van der Waals surface area contributed by atoms with E-state index in [2.05, 4.69) is 21.2 Å². The number of hydrogen-bond acceptors (Lipinski definition) is 6. The van der Waals surface area contributed by atoms with Crippen molar-refractivity contribution >= 4 is 0 Å². The summed E-state index contributed by atoms with van der Waals surface area (Å²) < 4.78 is 18.6. The van der Waals surface area contributed by atoms with Crippen molar-refractivity contribution in [3.8, 4) is 11.5 Å². The maximum absolute atomic E-state index is 5.85. The van der Waals surface area contributed by atoms with Crippen molar-refractivity contribution in [1.82, 2.24) is 19.7 Å². The standard InChI is InChI=1S/C16H22N4O3/c1-19-11-17-18-16(19)14-10-20(7-8-23-14)9-12-5-4-6-13(21-2)15(12)22-3/h4-6,11,14H,7-10H2,1-3H3/t14-/m0/s1. The number of aromatic nitrogens is 3. The first kappa shape index (κ1) is 15.8. The van der Waals surface area contributed by atoms with Crippen LogP contribution in [0.3, 0.4) is 0 Å². The summed E-state index contributed by atoms with van der Waals surface area (Å²) in [6.45, 7) is 3.09. The number of para-hydroxylation sites is 1. The van der Waals surface area contributed by atoms with Crippen LogP contribution in [0, 0.1) is 0 Å². The van der Waals surface area contributed by atoms with Crippen LogP contribution in [0.1, 0.15) is 17.5 Å². The molecule has 23 heavy (non-hydrogen) atoms. The second-order valence-electron chi connectivity index (χ2n) is 5.55. The Balaban J connectivity index is 1.74. The molecule has 1 saturated heterocycles. The molecule has 0 spiro atoms. The van der Waals surface area contributed by atoms with Gasteiger partial charge in [-0.25, -0.2) is 0 Å². The van der Waals surface area contributed by atoms with Crippen molar-refractivity contribution in [2.24, 2.45) is 7.05 Å². The molecule has 7 nitrogen and oxygen atoms in total. The average molecular weight is 318 g/mol. The van der Waals surface area contributed by atoms with E-state index in [-0.39, 0.29) is 6.10 Å². The Bertz CT molecular complexity index is 659. The van der Waals surface area contributed by atoms with Gasteiger partial charge < -0.3 is 18.8 Å². The topological polar surface area (TPSA) is 61.6 Å². The van der Waals surface area contributed by atoms with E-state index < -0.39 is 0 Å². The van der Waals surface area contributed by atoms with E-state index in [1.807, 2.05) is 23.7 Å². The summed E-state index contributed by atoms with van der Waals surface area (Å²) in [5.41, 5.74) is 1.10. The quantitative estimate of drug-likeness (QED) is 0.830. The summed E-state index contributed by atoms with van der Waals surface area (Å²) >= 11 is 0. The lowest BCUT2D eigenvalue weighted by Gasteiger charge is -2.32. The SMILES string of the molecule is COc1cccc(CN2CCO[C@H](c3nncn3C)C2)c1OC. The molecule has 0 unspecified atom stereocenters. The Morgan fingerprint density at radius 2 is 2.17 bits per heavy atom. The van der Waals surface area contributed by atoms with E-state index in [0.717, 1.165) is 42.5 Å². The predicted molar refractivity (Wildman–Crippen MR) is 84.5 cm³/mol. The van der Waals surface area contributed by atoms with Crippen molar-refractivity contribution in [2.45, 2.75) is 12.6 Å². The fourth-order valence-electron chi connectivity index (χ4n) is 2.91. The third kappa shape index (κ3) is 3.30. The van der Waals surface area contributed by atoms with Gasteiger partial charge in [-0.2, -0.15) is 0 Å². The smallest absolute Gasteiger partial charge is 0.165 e. The molecule has 1 aromatic carbocycles. The molecular weight excluding hydrogens is 296 g/mol. The number of aryl methyl sites for hydroxylation is 1. The number of methoxy groups -OCH3 is 2. The number of ether oxygens (including phenoxy) is 3. The van der Waals surface area contributed by atoms with Gasteiger partial charge in [-0.15, -0.1) is 10.2 Å². The molecule has 2 heterocycles. The van der Waals surface area contributed by atoms with E-state index in [1.165, 1.54) is 0 Å². The Morgan fingerprint density at radius 1 is 1.30 bits per heavy atom. The number of rotatable bonds is 5. The van der Waals surface area contributed by atoms with Crippen molar-refractivity contribution in [1.29, 1.82) is 0 Å². The Hall–Kier alpha value is -2.12. The highest BCUT2D eigenvalue weighted by Crippen LogP contribution is 2.32. The van der Waals surface area contributed by atoms with Gasteiger partial charge in [0.05, 0.1) is 20.8 Å². The summed E-state index contributed by atoms with van der Waals surface area (Å²) in [4.78, 5) is 2.33. The first-order chi connectivity index (χ1) is 11.2. The van der Waals surface area contributed by atoms with Gasteiger partial charge in [0, 0.05) is 32.2 Å². The molecule has 2 aromatic rings. The molecule has 124 valence electrons. The number of benzene rings is 1. The van der Waals surface area contributed by atoms with Crippen LogP contribution in [0.5, 0.6) is 11.5 Å². The summed E-state index contributed by atoms with van der Waals surface area (Å²) in [6, 6.07) is 5.95. The van der Waals surface area contributed by atoms with Crippen molar-refractivity contribution in [3.63, 3.8) is 0 Å².